The summed E-state index contributed by atoms with van der Waals surface area (Å²) in [6, 6.07) is 0. The van der Waals surface area contributed by atoms with Crippen molar-refractivity contribution in [3.63, 3.8) is 0 Å². The van der Waals surface area contributed by atoms with Crippen LogP contribution < -0.4 is 0 Å². The van der Waals surface area contributed by atoms with Crippen molar-refractivity contribution in [1.82, 2.24) is 4.31 Å². The fraction of sp³-hybridized carbons (Fsp3) is 0.833. The van der Waals surface area contributed by atoms with Crippen LogP contribution in [0.1, 0.15) is 33.1 Å². The molecule has 0 amide bonds. The Bertz CT molecular complexity index is 212. The summed E-state index contributed by atoms with van der Waals surface area (Å²) in [6.45, 7) is 6.03. The van der Waals surface area contributed by atoms with Gasteiger partial charge >= 0.3 is 0 Å². The molecule has 0 aromatic heterocycles. The third kappa shape index (κ3) is 2.47. The van der Waals surface area contributed by atoms with Gasteiger partial charge in [0.15, 0.2) is 0 Å². The maximum atomic E-state index is 2.42. The van der Waals surface area contributed by atoms with Crippen molar-refractivity contribution in [2.45, 2.75) is 33.1 Å². The van der Waals surface area contributed by atoms with Crippen molar-refractivity contribution in [2.75, 3.05) is 12.3 Å². The quantitative estimate of drug-likeness (QED) is 0.657. The molecule has 14 heavy (non-hydrogen) atoms. The third-order valence-corrected chi connectivity index (χ3v) is 4.51. The summed E-state index contributed by atoms with van der Waals surface area (Å²) < 4.78 is 2.42. The minimum atomic E-state index is 0.891. The fourth-order valence-corrected chi connectivity index (χ4v) is 3.45. The predicted molar refractivity (Wildman–Crippen MR) is 64.0 cm³/mol. The van der Waals surface area contributed by atoms with Gasteiger partial charge in [-0.15, -0.1) is 0 Å². The smallest absolute Gasteiger partial charge is 0.0331 e. The first kappa shape index (κ1) is 10.4. The molecule has 2 aliphatic rings. The first-order valence-electron chi connectivity index (χ1n) is 5.82. The van der Waals surface area contributed by atoms with E-state index in [4.69, 9.17) is 0 Å². The van der Waals surface area contributed by atoms with E-state index in [1.54, 1.807) is 0 Å². The van der Waals surface area contributed by atoms with Gasteiger partial charge in [0.05, 0.1) is 0 Å². The highest BCUT2D eigenvalue weighted by atomic mass is 32.2. The number of nitrogens with zero attached hydrogens (tertiary/aromatic N) is 1. The van der Waals surface area contributed by atoms with Crippen molar-refractivity contribution in [3.05, 3.63) is 12.3 Å². The molecule has 2 atom stereocenters. The van der Waals surface area contributed by atoms with Gasteiger partial charge in [0.2, 0.25) is 0 Å². The van der Waals surface area contributed by atoms with Crippen LogP contribution in [0.25, 0.3) is 0 Å². The second-order valence-electron chi connectivity index (χ2n) is 4.96. The maximum Gasteiger partial charge on any atom is 0.0331 e. The average molecular weight is 211 g/mol. The zero-order valence-electron chi connectivity index (χ0n) is 9.28. The molecule has 1 aliphatic carbocycles. The third-order valence-electron chi connectivity index (χ3n) is 3.57. The van der Waals surface area contributed by atoms with Crippen molar-refractivity contribution in [1.29, 1.82) is 0 Å². The van der Waals surface area contributed by atoms with Crippen LogP contribution in [0.5, 0.6) is 0 Å². The van der Waals surface area contributed by atoms with Gasteiger partial charge in [-0.1, -0.05) is 19.9 Å². The van der Waals surface area contributed by atoms with Crippen LogP contribution in [-0.2, 0) is 0 Å². The molecule has 80 valence electrons. The second-order valence-corrected chi connectivity index (χ2v) is 6.02. The molecule has 2 heteroatoms. The van der Waals surface area contributed by atoms with Gasteiger partial charge in [-0.2, -0.15) is 0 Å². The molecule has 0 spiro atoms. The van der Waals surface area contributed by atoms with Crippen LogP contribution in [0.3, 0.4) is 0 Å². The molecule has 0 aromatic carbocycles. The minimum Gasteiger partial charge on any atom is -0.323 e. The summed E-state index contributed by atoms with van der Waals surface area (Å²) in [5, 5.41) is 0. The largest absolute Gasteiger partial charge is 0.323 e. The summed E-state index contributed by atoms with van der Waals surface area (Å²) in [7, 11) is 0. The van der Waals surface area contributed by atoms with Gasteiger partial charge < -0.3 is 4.31 Å². The van der Waals surface area contributed by atoms with Crippen LogP contribution in [-0.4, -0.2) is 16.6 Å². The maximum absolute atomic E-state index is 2.42. The molecule has 2 rings (SSSR count). The Morgan fingerprint density at radius 2 is 2.29 bits per heavy atom. The van der Waals surface area contributed by atoms with E-state index in [1.165, 1.54) is 31.6 Å². The summed E-state index contributed by atoms with van der Waals surface area (Å²) in [4.78, 5) is 0. The zero-order valence-corrected chi connectivity index (χ0v) is 10.1. The first-order chi connectivity index (χ1) is 6.75. The first-order valence-corrected chi connectivity index (χ1v) is 6.76. The second kappa shape index (κ2) is 4.61. The number of rotatable bonds is 3. The molecule has 1 saturated carbocycles. The van der Waals surface area contributed by atoms with E-state index in [1.807, 2.05) is 11.9 Å². The number of hydrogen-bond acceptors (Lipinski definition) is 2. The van der Waals surface area contributed by atoms with E-state index < -0.39 is 0 Å². The Morgan fingerprint density at radius 3 is 2.86 bits per heavy atom. The highest BCUT2D eigenvalue weighted by molar-refractivity contribution is 7.97. The Kier molecular flexibility index (Phi) is 3.42. The van der Waals surface area contributed by atoms with Crippen molar-refractivity contribution < 1.29 is 0 Å². The SMILES string of the molecule is CC(C)C1CCC(CN2C=CCS2)C1. The molecule has 1 heterocycles. The van der Waals surface area contributed by atoms with Crippen molar-refractivity contribution >= 4 is 11.9 Å². The van der Waals surface area contributed by atoms with Gasteiger partial charge in [-0.3, -0.25) is 0 Å². The highest BCUT2D eigenvalue weighted by Gasteiger charge is 2.27. The van der Waals surface area contributed by atoms with Gasteiger partial charge in [0, 0.05) is 18.5 Å². The fourth-order valence-electron chi connectivity index (χ4n) is 2.60. The Morgan fingerprint density at radius 1 is 1.43 bits per heavy atom. The minimum absolute atomic E-state index is 0.891. The number of hydrogen-bond donors (Lipinski definition) is 0. The van der Waals surface area contributed by atoms with Crippen molar-refractivity contribution in [2.24, 2.45) is 17.8 Å². The Labute approximate surface area is 92.1 Å². The Hall–Kier alpha value is -0.110. The van der Waals surface area contributed by atoms with Gasteiger partial charge in [0.1, 0.15) is 0 Å². The van der Waals surface area contributed by atoms with E-state index in [9.17, 15) is 0 Å². The molecule has 1 aliphatic heterocycles. The van der Waals surface area contributed by atoms with Crippen LogP contribution >= 0.6 is 11.9 Å². The summed E-state index contributed by atoms with van der Waals surface area (Å²) in [6.07, 6.45) is 8.90. The summed E-state index contributed by atoms with van der Waals surface area (Å²) in [5.74, 6) is 4.02. The molecule has 0 saturated heterocycles. The summed E-state index contributed by atoms with van der Waals surface area (Å²) in [5.41, 5.74) is 0. The molecule has 2 unspecified atom stereocenters. The van der Waals surface area contributed by atoms with E-state index in [-0.39, 0.29) is 0 Å². The van der Waals surface area contributed by atoms with E-state index >= 15 is 0 Å². The lowest BCUT2D eigenvalue weighted by Gasteiger charge is -2.19. The van der Waals surface area contributed by atoms with Gasteiger partial charge in [-0.25, -0.2) is 0 Å². The summed E-state index contributed by atoms with van der Waals surface area (Å²) >= 11 is 1.96. The topological polar surface area (TPSA) is 3.24 Å². The van der Waals surface area contributed by atoms with Gasteiger partial charge in [0.25, 0.3) is 0 Å². The lowest BCUT2D eigenvalue weighted by Crippen LogP contribution is -2.16. The molecule has 0 aromatic rings. The standard InChI is InChI=1S/C12H21NS/c1-10(2)12-5-4-11(8-12)9-13-6-3-7-14-13/h3,6,10-12H,4-5,7-9H2,1-2H3. The Balaban J connectivity index is 1.75. The van der Waals surface area contributed by atoms with E-state index in [0.29, 0.717) is 0 Å². The molecule has 1 nitrogen and oxygen atoms in total. The molecule has 0 N–H and O–H groups in total. The van der Waals surface area contributed by atoms with E-state index in [0.717, 1.165) is 17.8 Å². The molecular weight excluding hydrogens is 190 g/mol. The van der Waals surface area contributed by atoms with Crippen LogP contribution in [0.4, 0.5) is 0 Å². The molecule has 1 fully saturated rings. The van der Waals surface area contributed by atoms with E-state index in [2.05, 4.69) is 30.4 Å². The molecule has 0 radical (unpaired) electrons. The molecule has 0 bridgehead atoms. The average Bonchev–Trinajstić information content (AvgIpc) is 2.75. The molecular formula is C12H21NS. The zero-order chi connectivity index (χ0) is 9.97. The van der Waals surface area contributed by atoms with Crippen LogP contribution in [0, 0.1) is 17.8 Å². The van der Waals surface area contributed by atoms with Crippen LogP contribution in [0.2, 0.25) is 0 Å². The highest BCUT2D eigenvalue weighted by Crippen LogP contribution is 2.37. The normalized spacial score (nSPS) is 32.1. The monoisotopic (exact) mass is 211 g/mol. The van der Waals surface area contributed by atoms with Crippen molar-refractivity contribution in [3.8, 4) is 0 Å². The van der Waals surface area contributed by atoms with Crippen LogP contribution in [0.15, 0.2) is 12.3 Å². The van der Waals surface area contributed by atoms with Gasteiger partial charge in [-0.05, 0) is 49.0 Å². The lowest BCUT2D eigenvalue weighted by molar-refractivity contribution is 0.364. The predicted octanol–water partition coefficient (Wildman–Crippen LogP) is 3.54. The lowest BCUT2D eigenvalue weighted by atomic mass is 9.93.